The molecule has 0 fully saturated rings. The number of halogens is 7. The first kappa shape index (κ1) is 24.8. The highest BCUT2D eigenvalue weighted by atomic mass is 35.5. The Bertz CT molecular complexity index is 1310. The topological polar surface area (TPSA) is 99.5 Å². The number of aromatic nitrogens is 1. The molecule has 0 radical (unpaired) electrons. The third-order valence-electron chi connectivity index (χ3n) is 4.54. The molecule has 3 rings (SSSR count). The smallest absolute Gasteiger partial charge is 0.382 e. The summed E-state index contributed by atoms with van der Waals surface area (Å²) in [6.45, 7) is 1.43. The molecule has 1 aromatic heterocycles. The van der Waals surface area contributed by atoms with E-state index in [0.29, 0.717) is 6.07 Å². The molecule has 0 aliphatic carbocycles. The Hall–Kier alpha value is -3.85. The molecule has 3 N–H and O–H groups in total. The second-order valence-corrected chi connectivity index (χ2v) is 7.28. The molecule has 34 heavy (non-hydrogen) atoms. The molecule has 3 aromatic rings. The molecule has 2 aromatic carbocycles. The summed E-state index contributed by atoms with van der Waals surface area (Å²) in [4.78, 5) is 3.98. The number of azo groups is 1. The number of nitrogen functional groups attached to an aromatic ring is 1. The minimum absolute atomic E-state index is 0.00255. The van der Waals surface area contributed by atoms with Gasteiger partial charge in [0.1, 0.15) is 17.4 Å². The van der Waals surface area contributed by atoms with Crippen LogP contribution < -0.4 is 11.1 Å². The standard InChI is InChI=1S/C21H13ClF6N6/c1-10-14(9-29)19(31-13-4-2-3-11(7-13)20(23,24)25)32-18(30)17(10)34-33-16-8-12(21(26,27)28)5-6-15(16)22/h2-8H,1H3,(H3,30,31,32). The Balaban J connectivity index is 2.00. The van der Waals surface area contributed by atoms with E-state index in [2.05, 4.69) is 20.5 Å². The summed E-state index contributed by atoms with van der Waals surface area (Å²) in [5.41, 5.74) is 3.63. The van der Waals surface area contributed by atoms with Crippen LogP contribution >= 0.6 is 11.6 Å². The number of rotatable bonds is 4. The van der Waals surface area contributed by atoms with Gasteiger partial charge in [-0.05, 0) is 43.3 Å². The summed E-state index contributed by atoms with van der Waals surface area (Å²) in [5.74, 6) is -0.397. The second-order valence-electron chi connectivity index (χ2n) is 6.87. The zero-order valence-electron chi connectivity index (χ0n) is 17.1. The molecule has 1 heterocycles. The summed E-state index contributed by atoms with van der Waals surface area (Å²) in [6, 6.07) is 8.57. The molecule has 0 saturated heterocycles. The summed E-state index contributed by atoms with van der Waals surface area (Å²) in [5, 5.41) is 19.6. The number of nitriles is 1. The Labute approximate surface area is 193 Å². The monoisotopic (exact) mass is 498 g/mol. The zero-order chi connectivity index (χ0) is 25.3. The van der Waals surface area contributed by atoms with Crippen molar-refractivity contribution >= 4 is 40.3 Å². The van der Waals surface area contributed by atoms with Gasteiger partial charge in [-0.15, -0.1) is 10.2 Å². The predicted molar refractivity (Wildman–Crippen MR) is 113 cm³/mol. The first-order valence-electron chi connectivity index (χ1n) is 9.24. The number of nitrogens with zero attached hydrogens (tertiary/aromatic N) is 4. The van der Waals surface area contributed by atoms with Gasteiger partial charge in [0.05, 0.1) is 21.7 Å². The fourth-order valence-electron chi connectivity index (χ4n) is 2.85. The molecular weight excluding hydrogens is 486 g/mol. The molecule has 6 nitrogen and oxygen atoms in total. The first-order valence-corrected chi connectivity index (χ1v) is 9.62. The second kappa shape index (κ2) is 9.18. The van der Waals surface area contributed by atoms with Gasteiger partial charge in [0.2, 0.25) is 0 Å². The van der Waals surface area contributed by atoms with Crippen LogP contribution in [-0.2, 0) is 12.4 Å². The quantitative estimate of drug-likeness (QED) is 0.284. The van der Waals surface area contributed by atoms with Gasteiger partial charge in [-0.1, -0.05) is 17.7 Å². The van der Waals surface area contributed by atoms with Crippen molar-refractivity contribution in [2.45, 2.75) is 19.3 Å². The summed E-state index contributed by atoms with van der Waals surface area (Å²) < 4.78 is 77.8. The van der Waals surface area contributed by atoms with Crippen LogP contribution in [0.1, 0.15) is 22.3 Å². The zero-order valence-corrected chi connectivity index (χ0v) is 17.8. The lowest BCUT2D eigenvalue weighted by molar-refractivity contribution is -0.138. The molecule has 0 unspecified atom stereocenters. The first-order chi connectivity index (χ1) is 15.8. The van der Waals surface area contributed by atoms with E-state index in [4.69, 9.17) is 17.3 Å². The third kappa shape index (κ3) is 5.37. The minimum atomic E-state index is -4.63. The van der Waals surface area contributed by atoms with Crippen LogP contribution in [0.4, 0.5) is 55.0 Å². The Morgan fingerprint density at radius 3 is 2.26 bits per heavy atom. The summed E-state index contributed by atoms with van der Waals surface area (Å²) in [7, 11) is 0. The van der Waals surface area contributed by atoms with Crippen molar-refractivity contribution in [2.75, 3.05) is 11.1 Å². The van der Waals surface area contributed by atoms with E-state index in [-0.39, 0.29) is 44.8 Å². The van der Waals surface area contributed by atoms with Crippen LogP contribution in [0, 0.1) is 18.3 Å². The highest BCUT2D eigenvalue weighted by Crippen LogP contribution is 2.38. The number of hydrogen-bond donors (Lipinski definition) is 2. The summed E-state index contributed by atoms with van der Waals surface area (Å²) >= 11 is 5.90. The van der Waals surface area contributed by atoms with Crippen LogP contribution in [0.15, 0.2) is 52.7 Å². The molecule has 0 aliphatic rings. The predicted octanol–water partition coefficient (Wildman–Crippen LogP) is 7.69. The molecule has 0 atom stereocenters. The molecule has 0 spiro atoms. The number of benzene rings is 2. The van der Waals surface area contributed by atoms with Gasteiger partial charge in [-0.2, -0.15) is 31.6 Å². The molecule has 0 saturated carbocycles. The van der Waals surface area contributed by atoms with Crippen molar-refractivity contribution in [3.05, 3.63) is 69.7 Å². The third-order valence-corrected chi connectivity index (χ3v) is 4.86. The molecule has 176 valence electrons. The Morgan fingerprint density at radius 2 is 1.65 bits per heavy atom. The van der Waals surface area contributed by atoms with Gasteiger partial charge >= 0.3 is 12.4 Å². The maximum absolute atomic E-state index is 13.0. The highest BCUT2D eigenvalue weighted by Gasteiger charge is 2.31. The van der Waals surface area contributed by atoms with Crippen molar-refractivity contribution < 1.29 is 26.3 Å². The molecule has 0 bridgehead atoms. The number of nitrogens with two attached hydrogens (primary N) is 1. The SMILES string of the molecule is Cc1c(C#N)c(Nc2cccc(C(F)(F)F)c2)nc(N)c1N=Nc1cc(C(F)(F)F)ccc1Cl. The van der Waals surface area contributed by atoms with Gasteiger partial charge in [0.15, 0.2) is 11.6 Å². The van der Waals surface area contributed by atoms with E-state index in [1.807, 2.05) is 6.07 Å². The van der Waals surface area contributed by atoms with Gasteiger partial charge in [0, 0.05) is 11.3 Å². The molecular formula is C21H13ClF6N6. The van der Waals surface area contributed by atoms with Gasteiger partial charge in [-0.3, -0.25) is 0 Å². The normalized spacial score (nSPS) is 12.1. The van der Waals surface area contributed by atoms with E-state index in [1.54, 1.807) is 0 Å². The largest absolute Gasteiger partial charge is 0.416 e. The van der Waals surface area contributed by atoms with Gasteiger partial charge in [-0.25, -0.2) is 4.98 Å². The lowest BCUT2D eigenvalue weighted by Gasteiger charge is -2.14. The van der Waals surface area contributed by atoms with Crippen molar-refractivity contribution in [1.82, 2.24) is 4.98 Å². The van der Waals surface area contributed by atoms with Crippen molar-refractivity contribution in [3.8, 4) is 6.07 Å². The minimum Gasteiger partial charge on any atom is -0.382 e. The molecule has 13 heteroatoms. The highest BCUT2D eigenvalue weighted by molar-refractivity contribution is 6.33. The molecule has 0 aliphatic heterocycles. The summed E-state index contributed by atoms with van der Waals surface area (Å²) in [6.07, 6.45) is -9.21. The Kier molecular flexibility index (Phi) is 6.70. The van der Waals surface area contributed by atoms with E-state index >= 15 is 0 Å². The van der Waals surface area contributed by atoms with E-state index in [0.717, 1.165) is 24.3 Å². The van der Waals surface area contributed by atoms with Crippen LogP contribution in [0.5, 0.6) is 0 Å². The number of anilines is 3. The number of nitrogens with one attached hydrogen (secondary N) is 1. The maximum Gasteiger partial charge on any atom is 0.416 e. The van der Waals surface area contributed by atoms with Crippen LogP contribution in [0.25, 0.3) is 0 Å². The van der Waals surface area contributed by atoms with E-state index < -0.39 is 23.5 Å². The number of alkyl halides is 6. The van der Waals surface area contributed by atoms with Crippen molar-refractivity contribution in [3.63, 3.8) is 0 Å². The van der Waals surface area contributed by atoms with Crippen molar-refractivity contribution in [1.29, 1.82) is 5.26 Å². The van der Waals surface area contributed by atoms with Crippen molar-refractivity contribution in [2.24, 2.45) is 10.2 Å². The average molecular weight is 499 g/mol. The van der Waals surface area contributed by atoms with Crippen LogP contribution in [0.3, 0.4) is 0 Å². The fraction of sp³-hybridized carbons (Fsp3) is 0.143. The van der Waals surface area contributed by atoms with Crippen LogP contribution in [-0.4, -0.2) is 4.98 Å². The van der Waals surface area contributed by atoms with E-state index in [1.165, 1.54) is 19.1 Å². The van der Waals surface area contributed by atoms with Gasteiger partial charge < -0.3 is 11.1 Å². The fourth-order valence-corrected chi connectivity index (χ4v) is 3.01. The van der Waals surface area contributed by atoms with E-state index in [9.17, 15) is 31.6 Å². The Morgan fingerprint density at radius 1 is 1.00 bits per heavy atom. The number of pyridine rings is 1. The lowest BCUT2D eigenvalue weighted by atomic mass is 10.1. The maximum atomic E-state index is 13.0. The lowest BCUT2D eigenvalue weighted by Crippen LogP contribution is -2.07. The average Bonchev–Trinajstić information content (AvgIpc) is 2.73. The van der Waals surface area contributed by atoms with Gasteiger partial charge in [0.25, 0.3) is 0 Å². The number of hydrogen-bond acceptors (Lipinski definition) is 6. The van der Waals surface area contributed by atoms with Crippen LogP contribution in [0.2, 0.25) is 5.02 Å². The molecule has 0 amide bonds.